The Morgan fingerprint density at radius 2 is 2.19 bits per heavy atom. The zero-order valence-corrected chi connectivity index (χ0v) is 13.8. The van der Waals surface area contributed by atoms with Crippen LogP contribution >= 0.6 is 12.4 Å². The Hall–Kier alpha value is -0.820. The number of piperidine rings is 1. The molecule has 5 nitrogen and oxygen atoms in total. The topological polar surface area (TPSA) is 72.6 Å². The van der Waals surface area contributed by atoms with Crippen LogP contribution in [-0.2, 0) is 10.0 Å². The van der Waals surface area contributed by atoms with Crippen LogP contribution in [0.25, 0.3) is 0 Å². The smallest absolute Gasteiger partial charge is 0.243 e. The lowest BCUT2D eigenvalue weighted by atomic mass is 10.0. The van der Waals surface area contributed by atoms with Crippen molar-refractivity contribution in [3.63, 3.8) is 0 Å². The van der Waals surface area contributed by atoms with Gasteiger partial charge in [-0.15, -0.1) is 12.4 Å². The maximum atomic E-state index is 12.6. The van der Waals surface area contributed by atoms with Crippen molar-refractivity contribution in [3.05, 3.63) is 24.3 Å². The summed E-state index contributed by atoms with van der Waals surface area (Å²) >= 11 is 0. The molecule has 1 saturated heterocycles. The van der Waals surface area contributed by atoms with E-state index in [-0.39, 0.29) is 18.3 Å². The van der Waals surface area contributed by atoms with Crippen LogP contribution in [0.5, 0.6) is 5.75 Å². The van der Waals surface area contributed by atoms with E-state index in [1.807, 2.05) is 6.92 Å². The second-order valence-corrected chi connectivity index (χ2v) is 6.95. The van der Waals surface area contributed by atoms with E-state index in [9.17, 15) is 8.42 Å². The van der Waals surface area contributed by atoms with Crippen LogP contribution in [0.1, 0.15) is 19.8 Å². The normalized spacial score (nSPS) is 19.8. The van der Waals surface area contributed by atoms with Crippen molar-refractivity contribution in [2.75, 3.05) is 26.2 Å². The molecule has 1 atom stereocenters. The van der Waals surface area contributed by atoms with Gasteiger partial charge in [0.05, 0.1) is 11.5 Å². The highest BCUT2D eigenvalue weighted by atomic mass is 35.5. The van der Waals surface area contributed by atoms with E-state index in [2.05, 4.69) is 0 Å². The molecule has 2 rings (SSSR count). The number of rotatable bonds is 5. The Kier molecular flexibility index (Phi) is 6.93. The average Bonchev–Trinajstić information content (AvgIpc) is 2.48. The molecule has 1 heterocycles. The zero-order chi connectivity index (χ0) is 14.6. The van der Waals surface area contributed by atoms with Gasteiger partial charge in [-0.05, 0) is 44.4 Å². The summed E-state index contributed by atoms with van der Waals surface area (Å²) in [4.78, 5) is 0.293. The molecule has 1 aliphatic heterocycles. The van der Waals surface area contributed by atoms with Gasteiger partial charge in [-0.1, -0.05) is 6.07 Å². The molecular weight excluding hydrogens is 312 g/mol. The highest BCUT2D eigenvalue weighted by molar-refractivity contribution is 7.89. The van der Waals surface area contributed by atoms with Crippen molar-refractivity contribution in [1.29, 1.82) is 0 Å². The molecule has 0 bridgehead atoms. The highest BCUT2D eigenvalue weighted by Gasteiger charge is 2.29. The summed E-state index contributed by atoms with van der Waals surface area (Å²) in [5.74, 6) is 0.842. The molecule has 1 unspecified atom stereocenters. The molecule has 0 spiro atoms. The second-order valence-electron chi connectivity index (χ2n) is 5.01. The summed E-state index contributed by atoms with van der Waals surface area (Å²) in [6.45, 7) is 4.00. The van der Waals surface area contributed by atoms with Crippen molar-refractivity contribution in [1.82, 2.24) is 4.31 Å². The molecule has 1 aromatic rings. The summed E-state index contributed by atoms with van der Waals surface area (Å²) in [5.41, 5.74) is 5.67. The van der Waals surface area contributed by atoms with Gasteiger partial charge in [-0.3, -0.25) is 0 Å². The first-order chi connectivity index (χ1) is 9.57. The number of halogens is 1. The first-order valence-electron chi connectivity index (χ1n) is 7.01. The minimum Gasteiger partial charge on any atom is -0.494 e. The average molecular weight is 335 g/mol. The predicted molar refractivity (Wildman–Crippen MR) is 85.4 cm³/mol. The van der Waals surface area contributed by atoms with E-state index in [1.165, 1.54) is 0 Å². The summed E-state index contributed by atoms with van der Waals surface area (Å²) in [6, 6.07) is 6.68. The van der Waals surface area contributed by atoms with Gasteiger partial charge in [-0.2, -0.15) is 4.31 Å². The van der Waals surface area contributed by atoms with Crippen LogP contribution in [0.3, 0.4) is 0 Å². The zero-order valence-electron chi connectivity index (χ0n) is 12.2. The summed E-state index contributed by atoms with van der Waals surface area (Å²) in [7, 11) is -3.45. The highest BCUT2D eigenvalue weighted by Crippen LogP contribution is 2.25. The standard InChI is InChI=1S/C14H22N2O3S.ClH/c1-2-19-13-6-3-7-14(9-13)20(17,18)16-8-4-5-12(10-15)11-16;/h3,6-7,9,12H,2,4-5,8,10-11,15H2,1H3;1H. The maximum absolute atomic E-state index is 12.6. The number of hydrogen-bond donors (Lipinski definition) is 1. The van der Waals surface area contributed by atoms with Gasteiger partial charge >= 0.3 is 0 Å². The van der Waals surface area contributed by atoms with Gasteiger partial charge in [0.1, 0.15) is 5.75 Å². The Morgan fingerprint density at radius 3 is 2.86 bits per heavy atom. The monoisotopic (exact) mass is 334 g/mol. The van der Waals surface area contributed by atoms with Gasteiger partial charge in [0, 0.05) is 19.2 Å². The number of sulfonamides is 1. The molecule has 0 radical (unpaired) electrons. The second kappa shape index (κ2) is 7.98. The van der Waals surface area contributed by atoms with E-state index >= 15 is 0 Å². The van der Waals surface area contributed by atoms with Gasteiger partial charge < -0.3 is 10.5 Å². The molecule has 0 aromatic heterocycles. The molecular formula is C14H23ClN2O3S. The first-order valence-corrected chi connectivity index (χ1v) is 8.45. The Balaban J connectivity index is 0.00000220. The fraction of sp³-hybridized carbons (Fsp3) is 0.571. The maximum Gasteiger partial charge on any atom is 0.243 e. The van der Waals surface area contributed by atoms with Crippen molar-refractivity contribution in [3.8, 4) is 5.75 Å². The van der Waals surface area contributed by atoms with Crippen LogP contribution in [0.15, 0.2) is 29.2 Å². The van der Waals surface area contributed by atoms with Crippen molar-refractivity contribution in [2.45, 2.75) is 24.7 Å². The lowest BCUT2D eigenvalue weighted by molar-refractivity contribution is 0.271. The van der Waals surface area contributed by atoms with Crippen LogP contribution in [-0.4, -0.2) is 39.0 Å². The predicted octanol–water partition coefficient (Wildman–Crippen LogP) is 1.87. The molecule has 0 amide bonds. The Labute approximate surface area is 132 Å². The van der Waals surface area contributed by atoms with E-state index in [0.29, 0.717) is 36.9 Å². The van der Waals surface area contributed by atoms with Gasteiger partial charge in [0.25, 0.3) is 0 Å². The first kappa shape index (κ1) is 18.2. The van der Waals surface area contributed by atoms with Crippen LogP contribution in [0.4, 0.5) is 0 Å². The van der Waals surface area contributed by atoms with E-state index in [0.717, 1.165) is 12.8 Å². The van der Waals surface area contributed by atoms with E-state index < -0.39 is 10.0 Å². The molecule has 2 N–H and O–H groups in total. The quantitative estimate of drug-likeness (QED) is 0.892. The lowest BCUT2D eigenvalue weighted by Crippen LogP contribution is -2.41. The minimum atomic E-state index is -3.45. The summed E-state index contributed by atoms with van der Waals surface area (Å²) in [6.07, 6.45) is 1.87. The minimum absolute atomic E-state index is 0. The largest absolute Gasteiger partial charge is 0.494 e. The SMILES string of the molecule is CCOc1cccc(S(=O)(=O)N2CCCC(CN)C2)c1.Cl. The third-order valence-electron chi connectivity index (χ3n) is 3.57. The number of hydrogen-bond acceptors (Lipinski definition) is 4. The fourth-order valence-electron chi connectivity index (χ4n) is 2.48. The van der Waals surface area contributed by atoms with Gasteiger partial charge in [0.2, 0.25) is 10.0 Å². The Morgan fingerprint density at radius 1 is 1.43 bits per heavy atom. The fourth-order valence-corrected chi connectivity index (χ4v) is 4.07. The molecule has 1 fully saturated rings. The van der Waals surface area contributed by atoms with Gasteiger partial charge in [-0.25, -0.2) is 8.42 Å². The third-order valence-corrected chi connectivity index (χ3v) is 5.43. The number of nitrogens with zero attached hydrogens (tertiary/aromatic N) is 1. The Bertz CT molecular complexity index is 551. The molecule has 120 valence electrons. The van der Waals surface area contributed by atoms with Crippen molar-refractivity contribution in [2.24, 2.45) is 11.7 Å². The molecule has 7 heteroatoms. The van der Waals surface area contributed by atoms with Crippen molar-refractivity contribution >= 4 is 22.4 Å². The number of ether oxygens (including phenoxy) is 1. The van der Waals surface area contributed by atoms with Gasteiger partial charge in [0.15, 0.2) is 0 Å². The van der Waals surface area contributed by atoms with E-state index in [4.69, 9.17) is 10.5 Å². The van der Waals surface area contributed by atoms with Crippen LogP contribution < -0.4 is 10.5 Å². The number of benzene rings is 1. The molecule has 0 aliphatic carbocycles. The van der Waals surface area contributed by atoms with E-state index in [1.54, 1.807) is 28.6 Å². The lowest BCUT2D eigenvalue weighted by Gasteiger charge is -2.31. The molecule has 21 heavy (non-hydrogen) atoms. The molecule has 1 aromatic carbocycles. The molecule has 1 aliphatic rings. The third kappa shape index (κ3) is 4.32. The number of nitrogens with two attached hydrogens (primary N) is 1. The molecule has 0 saturated carbocycles. The summed E-state index contributed by atoms with van der Waals surface area (Å²) in [5, 5.41) is 0. The van der Waals surface area contributed by atoms with Crippen LogP contribution in [0.2, 0.25) is 0 Å². The van der Waals surface area contributed by atoms with Crippen molar-refractivity contribution < 1.29 is 13.2 Å². The summed E-state index contributed by atoms with van der Waals surface area (Å²) < 4.78 is 32.2. The van der Waals surface area contributed by atoms with Crippen LogP contribution in [0, 0.1) is 5.92 Å².